The van der Waals surface area contributed by atoms with Gasteiger partial charge in [-0.25, -0.2) is 0 Å². The number of hydrogen-bond donors (Lipinski definition) is 2. The van der Waals surface area contributed by atoms with Gasteiger partial charge in [0.2, 0.25) is 0 Å². The lowest BCUT2D eigenvalue weighted by atomic mass is 10.0. The smallest absolute Gasteiger partial charge is 0.306 e. The van der Waals surface area contributed by atoms with Gasteiger partial charge >= 0.3 is 5.97 Å². The van der Waals surface area contributed by atoms with E-state index in [1.54, 1.807) is 0 Å². The van der Waals surface area contributed by atoms with E-state index in [1.165, 1.54) is 12.8 Å². The van der Waals surface area contributed by atoms with Gasteiger partial charge in [0.25, 0.3) is 0 Å². The molecule has 0 bridgehead atoms. The summed E-state index contributed by atoms with van der Waals surface area (Å²) in [6.07, 6.45) is 4.52. The van der Waals surface area contributed by atoms with Crippen LogP contribution in [0.25, 0.3) is 0 Å². The summed E-state index contributed by atoms with van der Waals surface area (Å²) in [7, 11) is 0. The van der Waals surface area contributed by atoms with E-state index in [9.17, 15) is 4.79 Å². The molecule has 0 saturated carbocycles. The monoisotopic (exact) mass is 299 g/mol. The van der Waals surface area contributed by atoms with Gasteiger partial charge in [-0.15, -0.1) is 0 Å². The largest absolute Gasteiger partial charge is 0.463 e. The molecule has 0 aliphatic heterocycles. The third kappa shape index (κ3) is 13.5. The molecule has 0 saturated heterocycles. The number of nitrogens with two attached hydrogens (primary N) is 1. The fraction of sp³-hybridized carbons (Fsp3) is 0.875. The summed E-state index contributed by atoms with van der Waals surface area (Å²) in [4.78, 5) is 15.6. The maximum Gasteiger partial charge on any atom is 0.306 e. The van der Waals surface area contributed by atoms with E-state index in [-0.39, 0.29) is 12.1 Å². The van der Waals surface area contributed by atoms with E-state index in [2.05, 4.69) is 31.1 Å². The zero-order chi connectivity index (χ0) is 16.3. The van der Waals surface area contributed by atoms with E-state index in [4.69, 9.17) is 10.5 Å². The molecule has 21 heavy (non-hydrogen) atoms. The number of hydrogen-bond acceptors (Lipinski definition) is 3. The third-order valence-corrected chi connectivity index (χ3v) is 3.00. The molecule has 0 rings (SSSR count). The lowest BCUT2D eigenvalue weighted by Crippen LogP contribution is -2.38. The molecule has 0 aliphatic carbocycles. The van der Waals surface area contributed by atoms with Gasteiger partial charge in [0.1, 0.15) is 0 Å². The van der Waals surface area contributed by atoms with E-state index in [0.717, 1.165) is 12.3 Å². The summed E-state index contributed by atoms with van der Waals surface area (Å²) in [6.45, 7) is 10.8. The van der Waals surface area contributed by atoms with Crippen LogP contribution < -0.4 is 11.1 Å². The lowest BCUT2D eigenvalue weighted by molar-refractivity contribution is -0.147. The van der Waals surface area contributed by atoms with Crippen LogP contribution >= 0.6 is 0 Å². The standard InChI is InChI=1S/C16H33N3O2/c1-12(2)8-6-9-14(5)19-16(17)18-11-7-10-15(20)21-13(3)4/h12-14H,6-11H2,1-5H3,(H3,17,18,19). The minimum Gasteiger partial charge on any atom is -0.463 e. The first-order valence-electron chi connectivity index (χ1n) is 8.07. The van der Waals surface area contributed by atoms with Crippen LogP contribution in [0.15, 0.2) is 4.99 Å². The Morgan fingerprint density at radius 1 is 1.14 bits per heavy atom. The summed E-state index contributed by atoms with van der Waals surface area (Å²) in [5.41, 5.74) is 5.83. The highest BCUT2D eigenvalue weighted by molar-refractivity contribution is 5.78. The Morgan fingerprint density at radius 3 is 2.38 bits per heavy atom. The van der Waals surface area contributed by atoms with Crippen molar-refractivity contribution < 1.29 is 9.53 Å². The molecule has 0 heterocycles. The van der Waals surface area contributed by atoms with Crippen molar-refractivity contribution in [2.24, 2.45) is 16.6 Å². The summed E-state index contributed by atoms with van der Waals surface area (Å²) < 4.78 is 5.05. The number of esters is 1. The molecule has 1 unspecified atom stereocenters. The molecule has 0 aliphatic rings. The van der Waals surface area contributed by atoms with Gasteiger partial charge in [-0.1, -0.05) is 26.7 Å². The molecule has 0 fully saturated rings. The molecule has 5 nitrogen and oxygen atoms in total. The van der Waals surface area contributed by atoms with Crippen molar-refractivity contribution in [1.29, 1.82) is 0 Å². The van der Waals surface area contributed by atoms with Crippen LogP contribution in [0.4, 0.5) is 0 Å². The average molecular weight is 299 g/mol. The number of rotatable bonds is 10. The number of carbonyl (C=O) groups excluding carboxylic acids is 1. The van der Waals surface area contributed by atoms with Crippen LogP contribution in [0.3, 0.4) is 0 Å². The molecule has 0 aromatic heterocycles. The van der Waals surface area contributed by atoms with Crippen LogP contribution in [-0.2, 0) is 9.53 Å². The Morgan fingerprint density at radius 2 is 1.81 bits per heavy atom. The van der Waals surface area contributed by atoms with Crippen molar-refractivity contribution in [2.75, 3.05) is 6.54 Å². The minimum atomic E-state index is -0.172. The van der Waals surface area contributed by atoms with Crippen molar-refractivity contribution >= 4 is 11.9 Å². The fourth-order valence-electron chi connectivity index (χ4n) is 1.95. The number of ether oxygens (including phenoxy) is 1. The lowest BCUT2D eigenvalue weighted by Gasteiger charge is -2.15. The second-order valence-corrected chi connectivity index (χ2v) is 6.28. The molecule has 0 radical (unpaired) electrons. The second-order valence-electron chi connectivity index (χ2n) is 6.28. The average Bonchev–Trinajstić information content (AvgIpc) is 2.33. The molecular weight excluding hydrogens is 266 g/mol. The summed E-state index contributed by atoms with van der Waals surface area (Å²) in [5, 5.41) is 3.19. The van der Waals surface area contributed by atoms with Crippen LogP contribution in [0.1, 0.15) is 66.7 Å². The number of nitrogens with zero attached hydrogens (tertiary/aromatic N) is 1. The first-order chi connectivity index (χ1) is 9.81. The quantitative estimate of drug-likeness (QED) is 0.281. The van der Waals surface area contributed by atoms with Gasteiger partial charge in [0.15, 0.2) is 5.96 Å². The van der Waals surface area contributed by atoms with Crippen LogP contribution in [0.5, 0.6) is 0 Å². The third-order valence-electron chi connectivity index (χ3n) is 3.00. The van der Waals surface area contributed by atoms with Gasteiger partial charge in [-0.2, -0.15) is 0 Å². The normalized spacial score (nSPS) is 13.6. The Bertz CT molecular complexity index is 315. The van der Waals surface area contributed by atoms with Gasteiger partial charge in [0.05, 0.1) is 6.10 Å². The van der Waals surface area contributed by atoms with Crippen molar-refractivity contribution in [1.82, 2.24) is 5.32 Å². The maximum absolute atomic E-state index is 11.3. The highest BCUT2D eigenvalue weighted by Crippen LogP contribution is 2.08. The first kappa shape index (κ1) is 19.7. The zero-order valence-electron chi connectivity index (χ0n) is 14.3. The maximum atomic E-state index is 11.3. The van der Waals surface area contributed by atoms with Crippen molar-refractivity contribution in [2.45, 2.75) is 78.9 Å². The Labute approximate surface area is 129 Å². The van der Waals surface area contributed by atoms with E-state index < -0.39 is 0 Å². The fourth-order valence-corrected chi connectivity index (χ4v) is 1.95. The molecule has 124 valence electrons. The molecule has 5 heteroatoms. The van der Waals surface area contributed by atoms with E-state index in [0.29, 0.717) is 31.4 Å². The van der Waals surface area contributed by atoms with Crippen molar-refractivity contribution in [3.63, 3.8) is 0 Å². The molecule has 0 aromatic carbocycles. The van der Waals surface area contributed by atoms with Gasteiger partial charge in [-0.05, 0) is 39.5 Å². The molecular formula is C16H33N3O2. The molecule has 3 N–H and O–H groups in total. The van der Waals surface area contributed by atoms with E-state index in [1.807, 2.05) is 13.8 Å². The summed E-state index contributed by atoms with van der Waals surface area (Å²) in [5.74, 6) is 1.03. The Hall–Kier alpha value is -1.26. The van der Waals surface area contributed by atoms with Crippen molar-refractivity contribution in [3.8, 4) is 0 Å². The highest BCUT2D eigenvalue weighted by Gasteiger charge is 2.05. The molecule has 1 atom stereocenters. The molecule has 0 amide bonds. The van der Waals surface area contributed by atoms with Gasteiger partial charge < -0.3 is 15.8 Å². The minimum absolute atomic E-state index is 0.0561. The number of nitrogens with one attached hydrogen (secondary N) is 1. The molecule has 0 aromatic rings. The van der Waals surface area contributed by atoms with Crippen LogP contribution in [0, 0.1) is 5.92 Å². The summed E-state index contributed by atoms with van der Waals surface area (Å²) in [6, 6.07) is 0.332. The zero-order valence-corrected chi connectivity index (χ0v) is 14.3. The highest BCUT2D eigenvalue weighted by atomic mass is 16.5. The Kier molecular flexibility index (Phi) is 10.7. The van der Waals surface area contributed by atoms with Gasteiger partial charge in [-0.3, -0.25) is 9.79 Å². The second kappa shape index (κ2) is 11.4. The van der Waals surface area contributed by atoms with E-state index >= 15 is 0 Å². The summed E-state index contributed by atoms with van der Waals surface area (Å²) >= 11 is 0. The first-order valence-corrected chi connectivity index (χ1v) is 8.07. The van der Waals surface area contributed by atoms with Crippen LogP contribution in [-0.4, -0.2) is 30.6 Å². The SMILES string of the molecule is CC(C)CCCC(C)NC(N)=NCCCC(=O)OC(C)C. The van der Waals surface area contributed by atoms with Crippen molar-refractivity contribution in [3.05, 3.63) is 0 Å². The molecule has 0 spiro atoms. The topological polar surface area (TPSA) is 76.7 Å². The number of guanidine groups is 1. The number of carbonyl (C=O) groups is 1. The Balaban J connectivity index is 3.75. The van der Waals surface area contributed by atoms with Crippen LogP contribution in [0.2, 0.25) is 0 Å². The predicted molar refractivity (Wildman–Crippen MR) is 88.2 cm³/mol. The predicted octanol–water partition coefficient (Wildman–Crippen LogP) is 2.84. The number of aliphatic imine (C=N–C) groups is 1. The van der Waals surface area contributed by atoms with Gasteiger partial charge in [0, 0.05) is 19.0 Å².